The van der Waals surface area contributed by atoms with E-state index in [4.69, 9.17) is 9.47 Å². The van der Waals surface area contributed by atoms with Crippen LogP contribution in [0.2, 0.25) is 0 Å². The fraction of sp³-hybridized carbons (Fsp3) is 0.865. The molecule has 1 fully saturated rings. The molecule has 6 N–H and O–H groups in total. The number of carbonyl (C=O) groups is 1. The van der Waals surface area contributed by atoms with Gasteiger partial charge in [0.25, 0.3) is 0 Å². The number of hydrogen-bond acceptors (Lipinski definition) is 8. The van der Waals surface area contributed by atoms with E-state index in [9.17, 15) is 30.3 Å². The largest absolute Gasteiger partial charge is 0.394 e. The summed E-state index contributed by atoms with van der Waals surface area (Å²) >= 11 is 0. The minimum Gasteiger partial charge on any atom is -0.394 e. The molecule has 0 bridgehead atoms. The average Bonchev–Trinajstić information content (AvgIpc) is 3.26. The van der Waals surface area contributed by atoms with Crippen molar-refractivity contribution in [2.45, 2.75) is 275 Å². The van der Waals surface area contributed by atoms with Crippen molar-refractivity contribution in [1.29, 1.82) is 0 Å². The van der Waals surface area contributed by atoms with Gasteiger partial charge in [0.1, 0.15) is 24.4 Å². The molecule has 0 radical (unpaired) electrons. The minimum atomic E-state index is -1.57. The Morgan fingerprint density at radius 3 is 1.38 bits per heavy atom. The van der Waals surface area contributed by atoms with E-state index in [0.29, 0.717) is 6.42 Å². The van der Waals surface area contributed by atoms with Gasteiger partial charge >= 0.3 is 0 Å². The molecular weight excluding hydrogens is 767 g/mol. The van der Waals surface area contributed by atoms with Gasteiger partial charge in [-0.15, -0.1) is 0 Å². The van der Waals surface area contributed by atoms with Crippen LogP contribution in [0.1, 0.15) is 232 Å². The molecule has 358 valence electrons. The van der Waals surface area contributed by atoms with Crippen LogP contribution in [0.15, 0.2) is 36.5 Å². The number of aliphatic hydroxyl groups excluding tert-OH is 5. The number of hydrogen-bond donors (Lipinski definition) is 6. The van der Waals surface area contributed by atoms with Crippen LogP contribution in [-0.2, 0) is 14.3 Å². The third-order valence-corrected chi connectivity index (χ3v) is 12.2. The lowest BCUT2D eigenvalue weighted by molar-refractivity contribution is -0.302. The van der Waals surface area contributed by atoms with E-state index in [2.05, 4.69) is 43.5 Å². The second-order valence-corrected chi connectivity index (χ2v) is 18.0. The SMILES string of the molecule is CCCCCCCCCC/C=C\CCCCCCCCCC(=O)NC(COC1OC(CO)C(O)C(O)C1O)C(O)/C=C/CC/C=C/CCCCCCCCCCCCCCC. The van der Waals surface area contributed by atoms with Gasteiger partial charge in [-0.3, -0.25) is 4.79 Å². The molecule has 9 nitrogen and oxygen atoms in total. The maximum atomic E-state index is 13.0. The molecule has 0 aliphatic carbocycles. The average molecular weight is 864 g/mol. The van der Waals surface area contributed by atoms with Crippen LogP contribution >= 0.6 is 0 Å². The lowest BCUT2D eigenvalue weighted by Crippen LogP contribution is -2.60. The highest BCUT2D eigenvalue weighted by Crippen LogP contribution is 2.23. The van der Waals surface area contributed by atoms with Crippen LogP contribution < -0.4 is 5.32 Å². The highest BCUT2D eigenvalue weighted by Gasteiger charge is 2.44. The molecule has 7 atom stereocenters. The molecule has 0 spiro atoms. The monoisotopic (exact) mass is 864 g/mol. The molecule has 0 aromatic carbocycles. The zero-order valence-corrected chi connectivity index (χ0v) is 39.4. The summed E-state index contributed by atoms with van der Waals surface area (Å²) < 4.78 is 11.2. The number of allylic oxidation sites excluding steroid dienone is 5. The quantitative estimate of drug-likeness (QED) is 0.0262. The van der Waals surface area contributed by atoms with Crippen molar-refractivity contribution >= 4 is 5.91 Å². The zero-order valence-electron chi connectivity index (χ0n) is 39.4. The topological polar surface area (TPSA) is 149 Å². The van der Waals surface area contributed by atoms with Crippen molar-refractivity contribution in [1.82, 2.24) is 5.32 Å². The predicted molar refractivity (Wildman–Crippen MR) is 253 cm³/mol. The van der Waals surface area contributed by atoms with Crippen molar-refractivity contribution in [3.05, 3.63) is 36.5 Å². The minimum absolute atomic E-state index is 0.190. The smallest absolute Gasteiger partial charge is 0.220 e. The van der Waals surface area contributed by atoms with E-state index < -0.39 is 49.5 Å². The van der Waals surface area contributed by atoms with Crippen LogP contribution in [0.5, 0.6) is 0 Å². The number of nitrogens with one attached hydrogen (secondary N) is 1. The van der Waals surface area contributed by atoms with E-state index in [0.717, 1.165) is 51.4 Å². The van der Waals surface area contributed by atoms with E-state index in [1.54, 1.807) is 6.08 Å². The number of ether oxygens (including phenoxy) is 2. The third-order valence-electron chi connectivity index (χ3n) is 12.2. The van der Waals surface area contributed by atoms with Crippen molar-refractivity contribution in [2.75, 3.05) is 13.2 Å². The maximum absolute atomic E-state index is 13.0. The lowest BCUT2D eigenvalue weighted by atomic mass is 9.99. The molecule has 61 heavy (non-hydrogen) atoms. The summed E-state index contributed by atoms with van der Waals surface area (Å²) in [5.41, 5.74) is 0. The molecule has 0 saturated carbocycles. The van der Waals surface area contributed by atoms with Crippen molar-refractivity contribution in [3.8, 4) is 0 Å². The second kappa shape index (κ2) is 42.4. The van der Waals surface area contributed by atoms with Gasteiger partial charge in [-0.1, -0.05) is 204 Å². The Morgan fingerprint density at radius 1 is 0.541 bits per heavy atom. The Hall–Kier alpha value is -1.59. The number of carbonyl (C=O) groups excluding carboxylic acids is 1. The van der Waals surface area contributed by atoms with Crippen LogP contribution in [0, 0.1) is 0 Å². The molecule has 0 aromatic rings. The summed E-state index contributed by atoms with van der Waals surface area (Å²) in [5.74, 6) is -0.190. The first-order chi connectivity index (χ1) is 29.8. The first kappa shape index (κ1) is 57.4. The summed E-state index contributed by atoms with van der Waals surface area (Å²) in [7, 11) is 0. The zero-order chi connectivity index (χ0) is 44.4. The van der Waals surface area contributed by atoms with Crippen molar-refractivity contribution in [3.63, 3.8) is 0 Å². The van der Waals surface area contributed by atoms with Gasteiger partial charge in [0.05, 0.1) is 25.4 Å². The van der Waals surface area contributed by atoms with E-state index in [1.807, 2.05) is 6.08 Å². The first-order valence-corrected chi connectivity index (χ1v) is 25.7. The highest BCUT2D eigenvalue weighted by atomic mass is 16.7. The number of aliphatic hydroxyl groups is 5. The number of amides is 1. The van der Waals surface area contributed by atoms with Gasteiger partial charge in [-0.05, 0) is 57.8 Å². The Morgan fingerprint density at radius 2 is 0.934 bits per heavy atom. The van der Waals surface area contributed by atoms with E-state index in [-0.39, 0.29) is 12.5 Å². The normalized spacial score (nSPS) is 20.7. The first-order valence-electron chi connectivity index (χ1n) is 25.7. The predicted octanol–water partition coefficient (Wildman–Crippen LogP) is 11.6. The van der Waals surface area contributed by atoms with E-state index in [1.165, 1.54) is 161 Å². The molecule has 1 aliphatic heterocycles. The number of rotatable bonds is 43. The van der Waals surface area contributed by atoms with Crippen LogP contribution in [0.3, 0.4) is 0 Å². The van der Waals surface area contributed by atoms with Crippen LogP contribution in [-0.4, -0.2) is 87.5 Å². The second-order valence-electron chi connectivity index (χ2n) is 18.0. The van der Waals surface area contributed by atoms with Gasteiger partial charge in [0.15, 0.2) is 6.29 Å². The van der Waals surface area contributed by atoms with Gasteiger partial charge in [-0.25, -0.2) is 0 Å². The Bertz CT molecular complexity index is 1050. The standard InChI is InChI=1S/C52H97NO8/c1-3-5-7-9-11-13-15-17-19-21-23-25-27-29-31-33-35-37-39-41-46(55)45(44-60-52-51(59)50(58)49(57)47(43-54)61-52)53-48(56)42-40-38-36-34-32-30-28-26-24-22-20-18-16-14-12-10-8-6-4-2/h22,24,31,33,39,41,45-47,49-52,54-55,57-59H,3-21,23,25-30,32,34-38,40,42-44H2,1-2H3,(H,53,56)/b24-22-,33-31+,41-39+. The Labute approximate surface area is 374 Å². The molecule has 1 rings (SSSR count). The van der Waals surface area contributed by atoms with Gasteiger partial charge < -0.3 is 40.3 Å². The fourth-order valence-corrected chi connectivity index (χ4v) is 8.05. The molecule has 0 aromatic heterocycles. The summed E-state index contributed by atoms with van der Waals surface area (Å²) in [6.45, 7) is 3.77. The van der Waals surface area contributed by atoms with Gasteiger partial charge in [-0.2, -0.15) is 0 Å². The summed E-state index contributed by atoms with van der Waals surface area (Å²) in [5, 5.41) is 54.3. The lowest BCUT2D eigenvalue weighted by Gasteiger charge is -2.40. The third kappa shape index (κ3) is 32.7. The Balaban J connectivity index is 2.33. The summed E-state index contributed by atoms with van der Waals surface area (Å²) in [6.07, 6.45) is 46.2. The van der Waals surface area contributed by atoms with Gasteiger partial charge in [0.2, 0.25) is 5.91 Å². The Kier molecular flexibility index (Phi) is 39.9. The molecule has 1 heterocycles. The van der Waals surface area contributed by atoms with Crippen LogP contribution in [0.4, 0.5) is 0 Å². The number of unbranched alkanes of at least 4 members (excludes halogenated alkanes) is 29. The summed E-state index contributed by atoms with van der Waals surface area (Å²) in [4.78, 5) is 13.0. The molecule has 7 unspecified atom stereocenters. The van der Waals surface area contributed by atoms with E-state index >= 15 is 0 Å². The molecule has 1 aliphatic rings. The highest BCUT2D eigenvalue weighted by molar-refractivity contribution is 5.76. The maximum Gasteiger partial charge on any atom is 0.220 e. The molecular formula is C52H97NO8. The fourth-order valence-electron chi connectivity index (χ4n) is 8.05. The van der Waals surface area contributed by atoms with Crippen molar-refractivity contribution < 1.29 is 39.8 Å². The molecule has 1 amide bonds. The van der Waals surface area contributed by atoms with Gasteiger partial charge in [0, 0.05) is 6.42 Å². The van der Waals surface area contributed by atoms with Crippen molar-refractivity contribution in [2.24, 2.45) is 0 Å². The molecule has 9 heteroatoms. The van der Waals surface area contributed by atoms with Crippen LogP contribution in [0.25, 0.3) is 0 Å². The summed E-state index contributed by atoms with van der Waals surface area (Å²) in [6, 6.07) is -0.823. The molecule has 1 saturated heterocycles.